The summed E-state index contributed by atoms with van der Waals surface area (Å²) in [7, 11) is -6.56. The summed E-state index contributed by atoms with van der Waals surface area (Å²) in [5.41, 5.74) is 0. The van der Waals surface area contributed by atoms with Gasteiger partial charge in [0.2, 0.25) is 0 Å². The summed E-state index contributed by atoms with van der Waals surface area (Å²) in [5.74, 6) is 9.02. The Balaban J connectivity index is 4.42. The molecule has 74 valence electrons. The molecule has 0 heterocycles. The number of hydrogen-bond donors (Lipinski definition) is 2. The molecule has 10 heteroatoms. The van der Waals surface area contributed by atoms with Crippen LogP contribution in [0.15, 0.2) is 0 Å². The Labute approximate surface area is 69.2 Å². The fraction of sp³-hybridized carbons (Fsp3) is 1.00. The molecule has 0 aliphatic carbocycles. The van der Waals surface area contributed by atoms with Gasteiger partial charge < -0.3 is 4.52 Å². The maximum Gasteiger partial charge on any atom is 0.514 e. The maximum absolute atomic E-state index is 11.0. The van der Waals surface area contributed by atoms with Crippen molar-refractivity contribution < 1.29 is 27.2 Å². The van der Waals surface area contributed by atoms with E-state index in [9.17, 15) is 9.13 Å². The van der Waals surface area contributed by atoms with Gasteiger partial charge in [-0.25, -0.2) is 20.7 Å². The number of nitrogens with two attached hydrogens (primary N) is 2. The summed E-state index contributed by atoms with van der Waals surface area (Å²) < 4.78 is 38.1. The van der Waals surface area contributed by atoms with Gasteiger partial charge in [-0.1, -0.05) is 0 Å². The van der Waals surface area contributed by atoms with Crippen molar-refractivity contribution in [1.82, 2.24) is 0 Å². The largest absolute Gasteiger partial charge is 0.514 e. The van der Waals surface area contributed by atoms with Crippen LogP contribution in [-0.4, -0.2) is 13.8 Å². The molecule has 0 aromatic carbocycles. The van der Waals surface area contributed by atoms with Gasteiger partial charge in [0, 0.05) is 13.8 Å². The Kier molecular flexibility index (Phi) is 4.54. The molecule has 0 aliphatic rings. The van der Waals surface area contributed by atoms with E-state index in [4.69, 9.17) is 0 Å². The second-order valence-corrected chi connectivity index (χ2v) is 5.57. The fourth-order valence-corrected chi connectivity index (χ4v) is 2.36. The van der Waals surface area contributed by atoms with Crippen molar-refractivity contribution >= 4 is 15.4 Å². The lowest BCUT2D eigenvalue weighted by atomic mass is 11.8. The minimum atomic E-state index is -4.15. The number of phosphoric acid groups is 1. The predicted octanol–water partition coefficient (Wildman–Crippen LogP) is 0.361. The molecular formula is C2H10N2O6P2. The van der Waals surface area contributed by atoms with Crippen molar-refractivity contribution in [1.29, 1.82) is 0 Å². The van der Waals surface area contributed by atoms with E-state index >= 15 is 0 Å². The molecule has 0 bridgehead atoms. The van der Waals surface area contributed by atoms with Gasteiger partial charge >= 0.3 is 15.4 Å². The lowest BCUT2D eigenvalue weighted by molar-refractivity contribution is 0.151. The van der Waals surface area contributed by atoms with Crippen molar-refractivity contribution in [3.63, 3.8) is 0 Å². The smallest absolute Gasteiger partial charge is 0.312 e. The Bertz CT molecular complexity index is 222. The second kappa shape index (κ2) is 4.45. The maximum atomic E-state index is 11.0. The molecule has 0 aromatic rings. The minimum Gasteiger partial charge on any atom is -0.312 e. The molecule has 0 aliphatic heterocycles. The molecule has 0 saturated carbocycles. The first-order valence-corrected chi connectivity index (χ1v) is 6.06. The first kappa shape index (κ1) is 12.2. The van der Waals surface area contributed by atoms with Gasteiger partial charge in [-0.15, -0.1) is 0 Å². The summed E-state index contributed by atoms with van der Waals surface area (Å²) in [6, 6.07) is 0. The van der Waals surface area contributed by atoms with E-state index in [1.54, 1.807) is 0 Å². The zero-order valence-electron chi connectivity index (χ0n) is 6.50. The van der Waals surface area contributed by atoms with Crippen LogP contribution in [-0.2, 0) is 27.2 Å². The fourth-order valence-electron chi connectivity index (χ4n) is 0.278. The van der Waals surface area contributed by atoms with Crippen LogP contribution in [0.5, 0.6) is 0 Å². The second-order valence-electron chi connectivity index (χ2n) is 1.69. The summed E-state index contributed by atoms with van der Waals surface area (Å²) in [5, 5.41) is 0. The molecule has 0 spiro atoms. The Hall–Kier alpha value is 0.220. The summed E-state index contributed by atoms with van der Waals surface area (Å²) in [6.45, 7) is 1.05. The molecule has 0 fully saturated rings. The van der Waals surface area contributed by atoms with Crippen molar-refractivity contribution in [2.24, 2.45) is 11.8 Å². The molecule has 1 unspecified atom stereocenters. The normalized spacial score (nSPS) is 17.3. The van der Waals surface area contributed by atoms with Gasteiger partial charge in [0.25, 0.3) is 0 Å². The van der Waals surface area contributed by atoms with Crippen LogP contribution in [0.3, 0.4) is 0 Å². The van der Waals surface area contributed by atoms with E-state index in [1.807, 2.05) is 0 Å². The van der Waals surface area contributed by atoms with E-state index in [-0.39, 0.29) is 0 Å². The topological polar surface area (TPSA) is 123 Å². The Morgan fingerprint density at radius 2 is 1.58 bits per heavy atom. The zero-order chi connectivity index (χ0) is 9.83. The van der Waals surface area contributed by atoms with Crippen LogP contribution in [0.4, 0.5) is 0 Å². The molecule has 4 N–H and O–H groups in total. The summed E-state index contributed by atoms with van der Waals surface area (Å²) in [4.78, 5) is 0. The third kappa shape index (κ3) is 3.75. The van der Waals surface area contributed by atoms with Crippen LogP contribution >= 0.6 is 15.4 Å². The number of rotatable bonds is 5. The van der Waals surface area contributed by atoms with Gasteiger partial charge in [0.15, 0.2) is 0 Å². The highest BCUT2D eigenvalue weighted by Crippen LogP contribution is 2.61. The highest BCUT2D eigenvalue weighted by atomic mass is 31.3. The van der Waals surface area contributed by atoms with E-state index in [2.05, 4.69) is 29.9 Å². The van der Waals surface area contributed by atoms with Crippen LogP contribution in [0, 0.1) is 0 Å². The van der Waals surface area contributed by atoms with Crippen molar-refractivity contribution in [3.8, 4) is 0 Å². The molecule has 0 radical (unpaired) electrons. The molecular weight excluding hydrogens is 210 g/mol. The highest BCUT2D eigenvalue weighted by molar-refractivity contribution is 7.64. The molecule has 12 heavy (non-hydrogen) atoms. The van der Waals surface area contributed by atoms with Crippen LogP contribution < -0.4 is 11.8 Å². The molecule has 0 aromatic heterocycles. The molecule has 8 nitrogen and oxygen atoms in total. The number of hydrogen-bond acceptors (Lipinski definition) is 8. The SMILES string of the molecule is COP(C)(=O)OP(=O)(ON)ON. The third-order valence-corrected chi connectivity index (χ3v) is 4.00. The summed E-state index contributed by atoms with van der Waals surface area (Å²) in [6.07, 6.45) is 0. The zero-order valence-corrected chi connectivity index (χ0v) is 8.29. The van der Waals surface area contributed by atoms with E-state index < -0.39 is 15.4 Å². The van der Waals surface area contributed by atoms with Crippen LogP contribution in [0.25, 0.3) is 0 Å². The van der Waals surface area contributed by atoms with Crippen molar-refractivity contribution in [2.45, 2.75) is 0 Å². The molecule has 0 rings (SSSR count). The molecule has 1 atom stereocenters. The average molecular weight is 220 g/mol. The predicted molar refractivity (Wildman–Crippen MR) is 39.8 cm³/mol. The first-order valence-electron chi connectivity index (χ1n) is 2.60. The Morgan fingerprint density at radius 3 is 1.83 bits per heavy atom. The molecule has 0 amide bonds. The van der Waals surface area contributed by atoms with Gasteiger partial charge in [-0.2, -0.15) is 9.25 Å². The van der Waals surface area contributed by atoms with Crippen LogP contribution in [0.1, 0.15) is 0 Å². The third-order valence-electron chi connectivity index (χ3n) is 0.838. The minimum absolute atomic E-state index is 1.05. The Morgan fingerprint density at radius 1 is 1.17 bits per heavy atom. The van der Waals surface area contributed by atoms with Gasteiger partial charge in [-0.3, -0.25) is 4.57 Å². The highest BCUT2D eigenvalue weighted by Gasteiger charge is 2.34. The van der Waals surface area contributed by atoms with E-state index in [1.165, 1.54) is 0 Å². The van der Waals surface area contributed by atoms with Gasteiger partial charge in [-0.05, 0) is 0 Å². The van der Waals surface area contributed by atoms with E-state index in [0.717, 1.165) is 13.8 Å². The van der Waals surface area contributed by atoms with Crippen molar-refractivity contribution in [3.05, 3.63) is 0 Å². The van der Waals surface area contributed by atoms with Gasteiger partial charge in [0.1, 0.15) is 0 Å². The molecule has 0 saturated heterocycles. The average Bonchev–Trinajstić information content (AvgIpc) is 2.04. The first-order chi connectivity index (χ1) is 5.39. The van der Waals surface area contributed by atoms with Gasteiger partial charge in [0.05, 0.1) is 0 Å². The van der Waals surface area contributed by atoms with E-state index in [0.29, 0.717) is 0 Å². The summed E-state index contributed by atoms with van der Waals surface area (Å²) >= 11 is 0. The van der Waals surface area contributed by atoms with Crippen LogP contribution in [0.2, 0.25) is 0 Å². The monoisotopic (exact) mass is 220 g/mol. The lowest BCUT2D eigenvalue weighted by Gasteiger charge is -2.15. The van der Waals surface area contributed by atoms with Crippen molar-refractivity contribution in [2.75, 3.05) is 13.8 Å². The standard InChI is InChI=1S/C2H10N2O6P2/c1-7-11(2,5)10-12(6,8-3)9-4/h3-4H2,1-2H3. The quantitative estimate of drug-likeness (QED) is 0.502. The lowest BCUT2D eigenvalue weighted by Crippen LogP contribution is -2.07.